The van der Waals surface area contributed by atoms with E-state index >= 15 is 0 Å². The normalized spacial score (nSPS) is 27.5. The van der Waals surface area contributed by atoms with Gasteiger partial charge in [-0.2, -0.15) is 4.98 Å². The molecule has 15 rings (SSSR count). The van der Waals surface area contributed by atoms with E-state index in [1.165, 1.54) is 30.7 Å². The standard InChI is InChI=1S/C16H26N5O4P.C16H25N4O4P.C16H25N4O3P.C15H22BrN4O3P.C15H22ClN4O3P/c1-5-17-16-19-13-10(14(24)20-16)18-8-21(13)15-12(23)11(22)9(25-15)6-7-26(2,3)4;1-9-18-14-11(15(22)19-9)17-8-20(14)16-13(23-2)12(21)10(24-16)6-7-25(3,4)5;1-9-13(21)11(6-7-24(3,4)5)23-16(9)20-8-17-12-14(20)18-10(2)19-15(12)22;2*1-8-18-13-11(14(22)19-8)17-7-20(13)15-10(16)12(21)9(23-15)5-6-24(2,3)4/h8-9,11-12,15,22-23H,2,5-7H2,1,3-4H3,(H2,17,19,20,24);8,10,12-13,16,21H,3,6-7H2,1-2,4-5H3,(H,18,19,22);8-9,11,13,16,21H,3,6-7H2,1-2,4-5H3,(H,18,19,22);2*7,9-10,12,15,21H,2,5-6H2,1,3-4H3,(H,18,19,22)/t9-,11-,12-,15?;10-,12-,13-,16?;9-,11-,13+,16?;2*9-,10-,12-,15?/m11111/s1. The SMILES string of the molecule is C=P(C)(C)CC[C@H]1OC(n2cnc3c(=O)[nH]c(C)nc32)[C@H](Br)[C@@H]1O.C=P(C)(C)CC[C@H]1OC(n2cnc3c(=O)[nH]c(C)nc32)[C@H](C)[C@@H]1O.C=P(C)(C)CC[C@H]1OC(n2cnc3c(=O)[nH]c(C)nc32)[C@H](Cl)[C@@H]1O.C=P(C)(C)CC[C@H]1OC(n2cnc3c(=O)[nH]c(C)nc32)[C@H](OC)[C@@H]1O.C=P(C)(C)CC[C@H]1OC(n2cnc3c(=O)[nH]c(NCC)nc32)[C@H](O)[C@@H]1O. The first-order valence-electron chi connectivity index (χ1n) is 40.4. The average Bonchev–Trinajstić information content (AvgIpc) is 1.70. The first kappa shape index (κ1) is 97.0. The number of aromatic nitrogens is 20. The molecule has 5 aliphatic heterocycles. The highest BCUT2D eigenvalue weighted by molar-refractivity contribution is 9.09. The predicted octanol–water partition coefficient (Wildman–Crippen LogP) is 5.43. The number of fused-ring (bicyclic) bond motifs is 5. The van der Waals surface area contributed by atoms with Crippen LogP contribution in [0.3, 0.4) is 0 Å². The Balaban J connectivity index is 0.000000150. The molecule has 10 aromatic rings. The van der Waals surface area contributed by atoms with Gasteiger partial charge < -0.3 is 84.3 Å². The van der Waals surface area contributed by atoms with Crippen molar-refractivity contribution in [1.29, 1.82) is 0 Å². The number of ether oxygens (including phenoxy) is 6. The van der Waals surface area contributed by atoms with E-state index in [0.29, 0.717) is 88.8 Å². The first-order valence-corrected chi connectivity index (χ1v) is 57.0. The Labute approximate surface area is 724 Å². The number of rotatable bonds is 23. The van der Waals surface area contributed by atoms with Crippen molar-refractivity contribution >= 4 is 155 Å². The number of nitrogens with zero attached hydrogens (tertiary/aromatic N) is 15. The molecule has 38 nitrogen and oxygen atoms in total. The number of alkyl halides is 2. The van der Waals surface area contributed by atoms with Crippen molar-refractivity contribution in [1.82, 2.24) is 97.6 Å². The minimum atomic E-state index is -1.26. The largest absolute Gasteiger partial charge is 0.390 e. The highest BCUT2D eigenvalue weighted by atomic mass is 79.9. The Bertz CT molecular complexity index is 5660. The van der Waals surface area contributed by atoms with Crippen LogP contribution < -0.4 is 33.1 Å². The number of halogens is 2. The minimum Gasteiger partial charge on any atom is -0.390 e. The van der Waals surface area contributed by atoms with E-state index in [1.54, 1.807) is 58.6 Å². The van der Waals surface area contributed by atoms with Crippen molar-refractivity contribution in [3.8, 4) is 0 Å². The summed E-state index contributed by atoms with van der Waals surface area (Å²) < 4.78 is 44.0. The van der Waals surface area contributed by atoms with Gasteiger partial charge in [-0.1, -0.05) is 22.9 Å². The summed E-state index contributed by atoms with van der Waals surface area (Å²) in [6.07, 6.45) is 26.6. The molecule has 0 bridgehead atoms. The average molecular weight is 1890 g/mol. The van der Waals surface area contributed by atoms with E-state index in [9.17, 15) is 54.6 Å². The van der Waals surface area contributed by atoms with Gasteiger partial charge in [0.2, 0.25) is 5.95 Å². The molecular weight excluding hydrogens is 1770 g/mol. The molecule has 45 heteroatoms. The number of anilines is 1. The number of aliphatic hydroxyl groups excluding tert-OH is 6. The van der Waals surface area contributed by atoms with Gasteiger partial charge >= 0.3 is 0 Å². The van der Waals surface area contributed by atoms with Crippen molar-refractivity contribution in [3.05, 3.63) is 107 Å². The Hall–Kier alpha value is -6.66. The lowest BCUT2D eigenvalue weighted by Gasteiger charge is -2.20. The fourth-order valence-corrected chi connectivity index (χ4v) is 20.9. The van der Waals surface area contributed by atoms with Crippen molar-refractivity contribution in [2.24, 2.45) is 5.92 Å². The number of methoxy groups -OCH3 is 1. The zero-order chi connectivity index (χ0) is 90.4. The number of imidazole rings is 5. The maximum absolute atomic E-state index is 12.2. The van der Waals surface area contributed by atoms with Gasteiger partial charge in [0.05, 0.1) is 79.2 Å². The fourth-order valence-electron chi connectivity index (χ4n) is 15.0. The topological polar surface area (TPSA) is 507 Å². The highest BCUT2D eigenvalue weighted by Gasteiger charge is 2.49. The fraction of sp³-hybridized carbons (Fsp3) is 0.615. The molecule has 15 heterocycles. The van der Waals surface area contributed by atoms with Crippen molar-refractivity contribution in [2.45, 2.75) is 188 Å². The molecule has 5 saturated heterocycles. The number of aromatic amines is 5. The Kier molecular flexibility index (Phi) is 30.8. The van der Waals surface area contributed by atoms with E-state index in [1.807, 2.05) is 13.8 Å². The van der Waals surface area contributed by atoms with E-state index in [0.717, 1.165) is 43.7 Å². The Morgan fingerprint density at radius 1 is 0.415 bits per heavy atom. The third-order valence-corrected chi connectivity index (χ3v) is 30.5. The third-order valence-electron chi connectivity index (χ3n) is 21.6. The number of aryl methyl sites for hydroxylation is 4. The van der Waals surface area contributed by atoms with Crippen LogP contribution in [0.15, 0.2) is 55.6 Å². The molecule has 0 spiro atoms. The lowest BCUT2D eigenvalue weighted by atomic mass is 10.0. The van der Waals surface area contributed by atoms with E-state index < -0.39 is 114 Å². The zero-order valence-corrected chi connectivity index (χ0v) is 79.4. The van der Waals surface area contributed by atoms with Crippen LogP contribution in [0, 0.1) is 33.6 Å². The van der Waals surface area contributed by atoms with Gasteiger partial charge in [0.1, 0.15) is 65.4 Å². The molecule has 0 radical (unpaired) electrons. The summed E-state index contributed by atoms with van der Waals surface area (Å²) in [4.78, 5) is 115. The van der Waals surface area contributed by atoms with Crippen LogP contribution in [-0.2, 0) is 28.4 Å². The number of hydrogen-bond donors (Lipinski definition) is 12. The van der Waals surface area contributed by atoms with Crippen molar-refractivity contribution in [3.63, 3.8) is 0 Å². The maximum atomic E-state index is 12.2. The molecule has 0 aromatic carbocycles. The molecule has 678 valence electrons. The van der Waals surface area contributed by atoms with Gasteiger partial charge in [-0.25, -0.2) is 44.9 Å². The second kappa shape index (κ2) is 39.1. The molecule has 10 aromatic heterocycles. The third kappa shape index (κ3) is 23.1. The number of hydrogen-bond acceptors (Lipinski definition) is 28. The van der Waals surface area contributed by atoms with Gasteiger partial charge in [-0.15, -0.1) is 77.5 Å². The van der Waals surface area contributed by atoms with Gasteiger partial charge in [0, 0.05) is 19.6 Å². The molecule has 0 amide bonds. The van der Waals surface area contributed by atoms with E-state index in [2.05, 4.69) is 194 Å². The number of nitrogens with one attached hydrogen (secondary N) is 6. The van der Waals surface area contributed by atoms with Gasteiger partial charge in [0.15, 0.2) is 80.7 Å². The van der Waals surface area contributed by atoms with Crippen LogP contribution in [0.4, 0.5) is 5.95 Å². The first-order chi connectivity index (χ1) is 57.4. The van der Waals surface area contributed by atoms with Crippen LogP contribution in [0.2, 0.25) is 0 Å². The second-order valence-electron chi connectivity index (χ2n) is 35.6. The zero-order valence-electron chi connectivity index (χ0n) is 72.6. The molecule has 12 N–H and O–H groups in total. The summed E-state index contributed by atoms with van der Waals surface area (Å²) in [7, 11) is 1.54. The Morgan fingerprint density at radius 3 is 1.07 bits per heavy atom. The van der Waals surface area contributed by atoms with E-state index in [-0.39, 0.29) is 91.3 Å². The summed E-state index contributed by atoms with van der Waals surface area (Å²) in [5.74, 6) is 2.23. The van der Waals surface area contributed by atoms with Crippen molar-refractivity contribution in [2.75, 3.05) is 116 Å². The van der Waals surface area contributed by atoms with Crippen LogP contribution in [0.1, 0.15) is 100 Å². The summed E-state index contributed by atoms with van der Waals surface area (Å²) >= 11 is 9.93. The maximum Gasteiger partial charge on any atom is 0.280 e. The smallest absolute Gasteiger partial charge is 0.280 e. The molecule has 20 atom stereocenters. The second-order valence-corrected chi connectivity index (χ2v) is 58.8. The van der Waals surface area contributed by atoms with Crippen LogP contribution in [0.5, 0.6) is 0 Å². The van der Waals surface area contributed by atoms with Crippen LogP contribution in [0.25, 0.3) is 55.8 Å². The highest BCUT2D eigenvalue weighted by Crippen LogP contribution is 2.47. The number of aliphatic hydroxyl groups is 6. The van der Waals surface area contributed by atoms with E-state index in [4.69, 9.17) is 40.0 Å². The summed E-state index contributed by atoms with van der Waals surface area (Å²) in [5, 5.41) is 65.2. The van der Waals surface area contributed by atoms with Gasteiger partial charge in [-0.05, 0) is 164 Å². The summed E-state index contributed by atoms with van der Waals surface area (Å²) in [6.45, 7) is 26.8. The van der Waals surface area contributed by atoms with Gasteiger partial charge in [0.25, 0.3) is 27.8 Å². The predicted molar refractivity (Wildman–Crippen MR) is 499 cm³/mol. The minimum absolute atomic E-state index is 0.111. The number of H-pyrrole nitrogens is 5. The Morgan fingerprint density at radius 2 is 0.699 bits per heavy atom. The van der Waals surface area contributed by atoms with Crippen LogP contribution in [-0.4, -0.2) is 354 Å². The summed E-state index contributed by atoms with van der Waals surface area (Å²) in [5.41, 5.74) is 1.76. The lowest BCUT2D eigenvalue weighted by Crippen LogP contribution is -2.33. The molecule has 5 aliphatic rings. The van der Waals surface area contributed by atoms with Gasteiger partial charge in [-0.3, -0.25) is 51.8 Å². The molecule has 123 heavy (non-hydrogen) atoms. The van der Waals surface area contributed by atoms with Crippen molar-refractivity contribution < 1.29 is 59.1 Å². The molecular formula is C78H120BrClN21O17P5. The quantitative estimate of drug-likeness (QED) is 0.0280. The molecule has 0 aliphatic carbocycles. The molecule has 5 fully saturated rings. The molecule has 5 unspecified atom stereocenters. The summed E-state index contributed by atoms with van der Waals surface area (Å²) in [6, 6.07) is 0. The molecule has 0 saturated carbocycles. The van der Waals surface area contributed by atoms with Crippen LogP contribution >= 0.6 is 62.0 Å². The lowest BCUT2D eigenvalue weighted by molar-refractivity contribution is -0.0496. The monoisotopic (exact) mass is 1890 g/mol.